The summed E-state index contributed by atoms with van der Waals surface area (Å²) in [5, 5.41) is 0.432. The first-order valence-corrected chi connectivity index (χ1v) is 6.51. The number of benzene rings is 1. The molecule has 0 bridgehead atoms. The summed E-state index contributed by atoms with van der Waals surface area (Å²) in [7, 11) is 0. The van der Waals surface area contributed by atoms with Gasteiger partial charge in [-0.25, -0.2) is 0 Å². The summed E-state index contributed by atoms with van der Waals surface area (Å²) < 4.78 is 0.841. The number of ketones is 1. The first kappa shape index (κ1) is 12.6. The van der Waals surface area contributed by atoms with Crippen molar-refractivity contribution in [2.45, 2.75) is 12.8 Å². The maximum atomic E-state index is 12.2. The number of halogens is 2. The van der Waals surface area contributed by atoms with E-state index in [-0.39, 0.29) is 11.7 Å². The Morgan fingerprint density at radius 3 is 2.53 bits per heavy atom. The quantitative estimate of drug-likeness (QED) is 0.799. The van der Waals surface area contributed by atoms with Crippen LogP contribution in [0.3, 0.4) is 0 Å². The molecular formula is C12H11BrClNO2. The third-order valence-corrected chi connectivity index (χ3v) is 3.58. The smallest absolute Gasteiger partial charge is 0.255 e. The molecule has 0 aliphatic carbocycles. The van der Waals surface area contributed by atoms with E-state index in [0.29, 0.717) is 36.5 Å². The Hall–Kier alpha value is -0.870. The van der Waals surface area contributed by atoms with E-state index in [1.54, 1.807) is 23.1 Å². The highest BCUT2D eigenvalue weighted by atomic mass is 79.9. The van der Waals surface area contributed by atoms with Crippen LogP contribution in [0.5, 0.6) is 0 Å². The zero-order valence-corrected chi connectivity index (χ0v) is 11.4. The van der Waals surface area contributed by atoms with Gasteiger partial charge in [0.1, 0.15) is 5.78 Å². The fraction of sp³-hybridized carbons (Fsp3) is 0.333. The van der Waals surface area contributed by atoms with Crippen molar-refractivity contribution in [3.63, 3.8) is 0 Å². The van der Waals surface area contributed by atoms with E-state index in [0.717, 1.165) is 4.47 Å². The van der Waals surface area contributed by atoms with Crippen LogP contribution in [0.25, 0.3) is 0 Å². The second-order valence-corrected chi connectivity index (χ2v) is 5.28. The number of carbonyl (C=O) groups is 2. The molecule has 0 spiro atoms. The molecule has 1 aromatic rings. The summed E-state index contributed by atoms with van der Waals surface area (Å²) >= 11 is 9.32. The van der Waals surface area contributed by atoms with E-state index in [1.165, 1.54) is 0 Å². The summed E-state index contributed by atoms with van der Waals surface area (Å²) in [5.74, 6) is 0.117. The lowest BCUT2D eigenvalue weighted by Gasteiger charge is -2.26. The van der Waals surface area contributed by atoms with Crippen molar-refractivity contribution >= 4 is 39.2 Å². The minimum atomic E-state index is -0.102. The van der Waals surface area contributed by atoms with Gasteiger partial charge in [0, 0.05) is 30.4 Å². The number of carbonyl (C=O) groups excluding carboxylic acids is 2. The summed E-state index contributed by atoms with van der Waals surface area (Å²) in [5.41, 5.74) is 0.490. The molecule has 1 aliphatic heterocycles. The number of hydrogen-bond acceptors (Lipinski definition) is 2. The van der Waals surface area contributed by atoms with Crippen LogP contribution < -0.4 is 0 Å². The first-order valence-electron chi connectivity index (χ1n) is 5.34. The van der Waals surface area contributed by atoms with Crippen molar-refractivity contribution in [3.05, 3.63) is 33.3 Å². The lowest BCUT2D eigenvalue weighted by Crippen LogP contribution is -2.38. The Balaban J connectivity index is 2.16. The van der Waals surface area contributed by atoms with Gasteiger partial charge in [0.05, 0.1) is 10.6 Å². The van der Waals surface area contributed by atoms with Crippen LogP contribution in [0.15, 0.2) is 22.7 Å². The van der Waals surface area contributed by atoms with E-state index in [2.05, 4.69) is 15.9 Å². The first-order chi connectivity index (χ1) is 8.08. The fourth-order valence-electron chi connectivity index (χ4n) is 1.79. The van der Waals surface area contributed by atoms with Gasteiger partial charge in [-0.2, -0.15) is 0 Å². The Labute approximate surface area is 113 Å². The molecule has 1 heterocycles. The molecule has 0 atom stereocenters. The molecule has 0 aromatic heterocycles. The van der Waals surface area contributed by atoms with Gasteiger partial charge in [0.25, 0.3) is 5.91 Å². The highest BCUT2D eigenvalue weighted by Gasteiger charge is 2.23. The lowest BCUT2D eigenvalue weighted by atomic mass is 10.1. The largest absolute Gasteiger partial charge is 0.338 e. The van der Waals surface area contributed by atoms with Gasteiger partial charge in [-0.05, 0) is 18.2 Å². The standard InChI is InChI=1S/C12H11BrClNO2/c13-8-1-2-10(11(14)7-8)12(17)15-5-3-9(16)4-6-15/h1-2,7H,3-6H2. The van der Waals surface area contributed by atoms with Gasteiger partial charge in [0.2, 0.25) is 0 Å². The van der Waals surface area contributed by atoms with Crippen LogP contribution >= 0.6 is 27.5 Å². The monoisotopic (exact) mass is 315 g/mol. The third kappa shape index (κ3) is 2.87. The maximum absolute atomic E-state index is 12.2. The molecule has 1 fully saturated rings. The number of rotatable bonds is 1. The molecule has 90 valence electrons. The van der Waals surface area contributed by atoms with E-state index < -0.39 is 0 Å². The Kier molecular flexibility index (Phi) is 3.84. The Morgan fingerprint density at radius 1 is 1.29 bits per heavy atom. The van der Waals surface area contributed by atoms with Gasteiger partial charge in [-0.1, -0.05) is 27.5 Å². The Bertz CT molecular complexity index is 466. The molecule has 17 heavy (non-hydrogen) atoms. The van der Waals surface area contributed by atoms with Crippen molar-refractivity contribution < 1.29 is 9.59 Å². The molecule has 0 unspecified atom stereocenters. The minimum absolute atomic E-state index is 0.102. The Morgan fingerprint density at radius 2 is 1.94 bits per heavy atom. The van der Waals surface area contributed by atoms with Crippen LogP contribution in [0.1, 0.15) is 23.2 Å². The molecule has 1 saturated heterocycles. The molecule has 2 rings (SSSR count). The molecule has 0 N–H and O–H groups in total. The number of amides is 1. The van der Waals surface area contributed by atoms with Crippen LogP contribution in [0.2, 0.25) is 5.02 Å². The normalized spacial score (nSPS) is 16.1. The van der Waals surface area contributed by atoms with Crippen molar-refractivity contribution in [3.8, 4) is 0 Å². The lowest BCUT2D eigenvalue weighted by molar-refractivity contribution is -0.120. The fourth-order valence-corrected chi connectivity index (χ4v) is 2.55. The summed E-state index contributed by atoms with van der Waals surface area (Å²) in [4.78, 5) is 24.9. The van der Waals surface area contributed by atoms with E-state index in [1.807, 2.05) is 0 Å². The zero-order valence-electron chi connectivity index (χ0n) is 9.08. The molecule has 1 aliphatic rings. The highest BCUT2D eigenvalue weighted by molar-refractivity contribution is 9.10. The van der Waals surface area contributed by atoms with Crippen LogP contribution in [0, 0.1) is 0 Å². The highest BCUT2D eigenvalue weighted by Crippen LogP contribution is 2.23. The van der Waals surface area contributed by atoms with Gasteiger partial charge >= 0.3 is 0 Å². The summed E-state index contributed by atoms with van der Waals surface area (Å²) in [6.45, 7) is 0.980. The predicted molar refractivity (Wildman–Crippen MR) is 69.3 cm³/mol. The number of piperidine rings is 1. The van der Waals surface area contributed by atoms with Crippen molar-refractivity contribution in [2.75, 3.05) is 13.1 Å². The van der Waals surface area contributed by atoms with Crippen molar-refractivity contribution in [1.29, 1.82) is 0 Å². The number of hydrogen-bond donors (Lipinski definition) is 0. The van der Waals surface area contributed by atoms with Crippen LogP contribution in [-0.4, -0.2) is 29.7 Å². The summed E-state index contributed by atoms with van der Waals surface area (Å²) in [6, 6.07) is 5.18. The zero-order chi connectivity index (χ0) is 12.4. The SMILES string of the molecule is O=C1CCN(C(=O)c2ccc(Br)cc2Cl)CC1. The second kappa shape index (κ2) is 5.19. The molecule has 3 nitrogen and oxygen atoms in total. The number of likely N-dealkylation sites (tertiary alicyclic amines) is 1. The van der Waals surface area contributed by atoms with E-state index >= 15 is 0 Å². The van der Waals surface area contributed by atoms with E-state index in [4.69, 9.17) is 11.6 Å². The molecule has 0 radical (unpaired) electrons. The average molecular weight is 317 g/mol. The topological polar surface area (TPSA) is 37.4 Å². The molecule has 1 amide bonds. The van der Waals surface area contributed by atoms with Crippen molar-refractivity contribution in [1.82, 2.24) is 4.90 Å². The molecule has 5 heteroatoms. The van der Waals surface area contributed by atoms with Crippen LogP contribution in [0.4, 0.5) is 0 Å². The minimum Gasteiger partial charge on any atom is -0.338 e. The number of Topliss-reactive ketones (excluding diaryl/α,β-unsaturated/α-hetero) is 1. The average Bonchev–Trinajstić information content (AvgIpc) is 2.29. The number of nitrogens with zero attached hydrogens (tertiary/aromatic N) is 1. The van der Waals surface area contributed by atoms with Gasteiger partial charge in [-0.3, -0.25) is 9.59 Å². The summed E-state index contributed by atoms with van der Waals surface area (Å²) in [6.07, 6.45) is 0.889. The van der Waals surface area contributed by atoms with Crippen LogP contribution in [-0.2, 0) is 4.79 Å². The predicted octanol–water partition coefficient (Wildman–Crippen LogP) is 2.91. The van der Waals surface area contributed by atoms with E-state index in [9.17, 15) is 9.59 Å². The second-order valence-electron chi connectivity index (χ2n) is 3.96. The third-order valence-electron chi connectivity index (χ3n) is 2.77. The van der Waals surface area contributed by atoms with Crippen molar-refractivity contribution in [2.24, 2.45) is 0 Å². The maximum Gasteiger partial charge on any atom is 0.255 e. The molecular weight excluding hydrogens is 305 g/mol. The molecule has 1 aromatic carbocycles. The van der Waals surface area contributed by atoms with Gasteiger partial charge in [-0.15, -0.1) is 0 Å². The van der Waals surface area contributed by atoms with Gasteiger partial charge < -0.3 is 4.90 Å². The molecule has 0 saturated carbocycles. The van der Waals surface area contributed by atoms with Gasteiger partial charge in [0.15, 0.2) is 0 Å².